The smallest absolute Gasteiger partial charge is 0.416 e. The predicted octanol–water partition coefficient (Wildman–Crippen LogP) is 6.29. The molecule has 0 unspecified atom stereocenters. The fourth-order valence-electron chi connectivity index (χ4n) is 4.59. The normalized spacial score (nSPS) is 17.9. The quantitative estimate of drug-likeness (QED) is 0.518. The van der Waals surface area contributed by atoms with E-state index in [-0.39, 0.29) is 11.7 Å². The highest BCUT2D eigenvalue weighted by Gasteiger charge is 2.38. The van der Waals surface area contributed by atoms with Gasteiger partial charge in [0.15, 0.2) is 5.75 Å². The summed E-state index contributed by atoms with van der Waals surface area (Å²) in [6.45, 7) is 8.06. The fourth-order valence-corrected chi connectivity index (χ4v) is 4.59. The summed E-state index contributed by atoms with van der Waals surface area (Å²) in [5.41, 5.74) is 1.20. The van der Waals surface area contributed by atoms with Gasteiger partial charge < -0.3 is 19.7 Å². The number of halogens is 3. The Bertz CT molecular complexity index is 1110. The van der Waals surface area contributed by atoms with Gasteiger partial charge in [0.1, 0.15) is 18.0 Å². The molecule has 0 fully saturated rings. The van der Waals surface area contributed by atoms with Crippen LogP contribution in [0, 0.1) is 0 Å². The summed E-state index contributed by atoms with van der Waals surface area (Å²) >= 11 is 0. The molecule has 1 amide bonds. The summed E-state index contributed by atoms with van der Waals surface area (Å²) < 4.78 is 51.8. The molecule has 1 N–H and O–H groups in total. The second kappa shape index (κ2) is 9.24. The van der Waals surface area contributed by atoms with E-state index >= 15 is 0 Å². The molecule has 4 rings (SSSR count). The van der Waals surface area contributed by atoms with Crippen molar-refractivity contribution in [2.75, 3.05) is 29.9 Å². The van der Waals surface area contributed by atoms with E-state index in [2.05, 4.69) is 17.1 Å². The van der Waals surface area contributed by atoms with E-state index in [4.69, 9.17) is 9.47 Å². The number of ether oxygens (including phenoxy) is 2. The molecule has 0 radical (unpaired) electrons. The SMILES string of the molecule is CCN1CCOc2c(NC(=O)C=C3CC(CC)(CC)Oc4cc(C(F)(F)F)ccc43)cccc21. The van der Waals surface area contributed by atoms with Crippen LogP contribution in [0.15, 0.2) is 42.5 Å². The number of nitrogens with one attached hydrogen (secondary N) is 1. The lowest BCUT2D eigenvalue weighted by Crippen LogP contribution is -2.38. The first kappa shape index (κ1) is 24.0. The number of carbonyl (C=O) groups excluding carboxylic acids is 1. The van der Waals surface area contributed by atoms with Crippen molar-refractivity contribution in [1.82, 2.24) is 0 Å². The molecule has 0 aliphatic carbocycles. The fraction of sp³-hybridized carbons (Fsp3) is 0.423. The highest BCUT2D eigenvalue weighted by molar-refractivity contribution is 6.05. The Morgan fingerprint density at radius 2 is 1.94 bits per heavy atom. The van der Waals surface area contributed by atoms with Gasteiger partial charge in [-0.05, 0) is 49.6 Å². The third-order valence-corrected chi connectivity index (χ3v) is 6.67. The number of para-hydroxylation sites is 1. The number of carbonyl (C=O) groups is 1. The molecule has 2 aromatic carbocycles. The Balaban J connectivity index is 1.68. The van der Waals surface area contributed by atoms with Gasteiger partial charge in [0.2, 0.25) is 5.91 Å². The average molecular weight is 475 g/mol. The standard InChI is InChI=1S/C26H29F3N2O3/c1-4-25(5-2)16-17(19-11-10-18(26(27,28)29)15-22(19)34-25)14-23(32)30-20-8-7-9-21-24(20)33-13-12-31(21)6-3/h7-11,14-15H,4-6,12-13,16H2,1-3H3,(H,30,32). The van der Waals surface area contributed by atoms with Gasteiger partial charge in [-0.15, -0.1) is 0 Å². The summed E-state index contributed by atoms with van der Waals surface area (Å²) in [7, 11) is 0. The van der Waals surface area contributed by atoms with Crippen LogP contribution >= 0.6 is 0 Å². The van der Waals surface area contributed by atoms with E-state index in [1.54, 1.807) is 6.07 Å². The lowest BCUT2D eigenvalue weighted by molar-refractivity contribution is -0.137. The van der Waals surface area contributed by atoms with E-state index in [9.17, 15) is 18.0 Å². The zero-order valence-corrected chi connectivity index (χ0v) is 19.6. The van der Waals surface area contributed by atoms with Gasteiger partial charge in [0.05, 0.1) is 23.5 Å². The molecule has 2 aliphatic rings. The van der Waals surface area contributed by atoms with Crippen molar-refractivity contribution in [3.63, 3.8) is 0 Å². The van der Waals surface area contributed by atoms with Crippen molar-refractivity contribution in [3.8, 4) is 11.5 Å². The molecule has 8 heteroatoms. The van der Waals surface area contributed by atoms with E-state index in [1.165, 1.54) is 12.1 Å². The number of amides is 1. The summed E-state index contributed by atoms with van der Waals surface area (Å²) in [5, 5.41) is 2.90. The molecular formula is C26H29F3N2O3. The molecule has 0 aromatic heterocycles. The highest BCUT2D eigenvalue weighted by Crippen LogP contribution is 2.46. The van der Waals surface area contributed by atoms with Gasteiger partial charge in [-0.1, -0.05) is 26.0 Å². The average Bonchev–Trinajstić information content (AvgIpc) is 2.82. The maximum Gasteiger partial charge on any atom is 0.416 e. The molecule has 0 saturated heterocycles. The monoisotopic (exact) mass is 474 g/mol. The topological polar surface area (TPSA) is 50.8 Å². The lowest BCUT2D eigenvalue weighted by atomic mass is 9.83. The Morgan fingerprint density at radius 3 is 2.62 bits per heavy atom. The highest BCUT2D eigenvalue weighted by atomic mass is 19.4. The van der Waals surface area contributed by atoms with Crippen LogP contribution in [-0.2, 0) is 11.0 Å². The van der Waals surface area contributed by atoms with Crippen LogP contribution in [0.5, 0.6) is 11.5 Å². The summed E-state index contributed by atoms with van der Waals surface area (Å²) in [6.07, 6.45) is -1.37. The number of hydrogen-bond acceptors (Lipinski definition) is 4. The zero-order valence-electron chi connectivity index (χ0n) is 19.6. The van der Waals surface area contributed by atoms with Crippen LogP contribution in [0.1, 0.15) is 51.2 Å². The first-order valence-corrected chi connectivity index (χ1v) is 11.6. The van der Waals surface area contributed by atoms with Crippen molar-refractivity contribution in [2.24, 2.45) is 0 Å². The van der Waals surface area contributed by atoms with Gasteiger partial charge >= 0.3 is 6.18 Å². The van der Waals surface area contributed by atoms with Crippen molar-refractivity contribution in [1.29, 1.82) is 0 Å². The van der Waals surface area contributed by atoms with Crippen LogP contribution in [0.2, 0.25) is 0 Å². The largest absolute Gasteiger partial charge is 0.487 e. The predicted molar refractivity (Wildman–Crippen MR) is 126 cm³/mol. The van der Waals surface area contributed by atoms with E-state index in [0.29, 0.717) is 48.4 Å². The van der Waals surface area contributed by atoms with Crippen molar-refractivity contribution < 1.29 is 27.4 Å². The maximum atomic E-state index is 13.3. The Kier molecular flexibility index (Phi) is 6.51. The molecule has 0 bridgehead atoms. The molecule has 2 heterocycles. The van der Waals surface area contributed by atoms with Gasteiger partial charge in [-0.3, -0.25) is 4.79 Å². The number of nitrogens with zero attached hydrogens (tertiary/aromatic N) is 1. The van der Waals surface area contributed by atoms with Crippen molar-refractivity contribution in [2.45, 2.75) is 51.8 Å². The minimum absolute atomic E-state index is 0.155. The molecule has 182 valence electrons. The molecule has 0 saturated carbocycles. The Labute approximate surface area is 197 Å². The number of rotatable bonds is 5. The first-order chi connectivity index (χ1) is 16.2. The summed E-state index contributed by atoms with van der Waals surface area (Å²) in [5.74, 6) is 0.415. The third kappa shape index (κ3) is 4.58. The van der Waals surface area contributed by atoms with Crippen LogP contribution in [-0.4, -0.2) is 31.2 Å². The number of anilines is 2. The van der Waals surface area contributed by atoms with Gasteiger partial charge in [0, 0.05) is 24.6 Å². The van der Waals surface area contributed by atoms with Crippen LogP contribution < -0.4 is 19.7 Å². The zero-order chi connectivity index (χ0) is 24.5. The molecule has 2 aliphatic heterocycles. The minimum Gasteiger partial charge on any atom is -0.487 e. The van der Waals surface area contributed by atoms with Gasteiger partial charge in [-0.25, -0.2) is 0 Å². The lowest BCUT2D eigenvalue weighted by Gasteiger charge is -2.39. The maximum absolute atomic E-state index is 13.3. The van der Waals surface area contributed by atoms with Crippen LogP contribution in [0.4, 0.5) is 24.5 Å². The van der Waals surface area contributed by atoms with E-state index in [0.717, 1.165) is 30.9 Å². The number of fused-ring (bicyclic) bond motifs is 2. The van der Waals surface area contributed by atoms with E-state index in [1.807, 2.05) is 26.0 Å². The summed E-state index contributed by atoms with van der Waals surface area (Å²) in [6, 6.07) is 9.04. The van der Waals surface area contributed by atoms with Gasteiger partial charge in [0.25, 0.3) is 0 Å². The Morgan fingerprint density at radius 1 is 1.18 bits per heavy atom. The van der Waals surface area contributed by atoms with Crippen molar-refractivity contribution >= 4 is 22.9 Å². The third-order valence-electron chi connectivity index (χ3n) is 6.67. The van der Waals surface area contributed by atoms with Crippen LogP contribution in [0.3, 0.4) is 0 Å². The second-order valence-electron chi connectivity index (χ2n) is 8.62. The van der Waals surface area contributed by atoms with Crippen molar-refractivity contribution in [3.05, 3.63) is 53.6 Å². The minimum atomic E-state index is -4.48. The number of alkyl halides is 3. The Hall–Kier alpha value is -3.16. The van der Waals surface area contributed by atoms with E-state index < -0.39 is 17.3 Å². The molecule has 0 atom stereocenters. The molecule has 5 nitrogen and oxygen atoms in total. The molecule has 2 aromatic rings. The van der Waals surface area contributed by atoms with Crippen LogP contribution in [0.25, 0.3) is 5.57 Å². The number of benzene rings is 2. The second-order valence-corrected chi connectivity index (χ2v) is 8.62. The summed E-state index contributed by atoms with van der Waals surface area (Å²) in [4.78, 5) is 15.2. The molecule has 0 spiro atoms. The number of likely N-dealkylation sites (N-methyl/N-ethyl adjacent to an activating group) is 1. The molecular weight excluding hydrogens is 445 g/mol. The first-order valence-electron chi connectivity index (χ1n) is 11.6. The van der Waals surface area contributed by atoms with Gasteiger partial charge in [-0.2, -0.15) is 13.2 Å². The number of hydrogen-bond donors (Lipinski definition) is 1. The molecule has 34 heavy (non-hydrogen) atoms.